The van der Waals surface area contributed by atoms with Crippen molar-refractivity contribution in [1.82, 2.24) is 4.90 Å². The fourth-order valence-corrected chi connectivity index (χ4v) is 3.12. The van der Waals surface area contributed by atoms with Gasteiger partial charge < -0.3 is 4.90 Å². The number of carbonyl (C=O) groups excluding carboxylic acids is 1. The Balaban J connectivity index is 1.91. The van der Waals surface area contributed by atoms with Gasteiger partial charge in [0.25, 0.3) is 11.6 Å². The van der Waals surface area contributed by atoms with Crippen LogP contribution in [0.25, 0.3) is 0 Å². The summed E-state index contributed by atoms with van der Waals surface area (Å²) >= 11 is 0. The van der Waals surface area contributed by atoms with Gasteiger partial charge in [-0.25, -0.2) is 4.39 Å². The molecule has 5 nitrogen and oxygen atoms in total. The van der Waals surface area contributed by atoms with E-state index in [4.69, 9.17) is 0 Å². The summed E-state index contributed by atoms with van der Waals surface area (Å²) < 4.78 is 13.7. The van der Waals surface area contributed by atoms with E-state index in [1.165, 1.54) is 0 Å². The predicted molar refractivity (Wildman–Crippen MR) is 65.2 cm³/mol. The third-order valence-electron chi connectivity index (χ3n) is 4.06. The highest BCUT2D eigenvalue weighted by molar-refractivity contribution is 5.95. The normalized spacial score (nSPS) is 24.8. The van der Waals surface area contributed by atoms with Gasteiger partial charge in [-0.05, 0) is 31.2 Å². The van der Waals surface area contributed by atoms with Crippen LogP contribution in [-0.2, 0) is 0 Å². The second kappa shape index (κ2) is 4.29. The Hall–Kier alpha value is -1.98. The number of carbonyl (C=O) groups is 1. The van der Waals surface area contributed by atoms with Crippen molar-refractivity contribution in [2.75, 3.05) is 6.54 Å². The molecule has 2 atom stereocenters. The molecule has 1 amide bonds. The lowest BCUT2D eigenvalue weighted by molar-refractivity contribution is -0.384. The van der Waals surface area contributed by atoms with Crippen LogP contribution in [-0.4, -0.2) is 28.3 Å². The predicted octanol–water partition coefficient (Wildman–Crippen LogP) is 2.36. The van der Waals surface area contributed by atoms with Crippen LogP contribution in [0, 0.1) is 21.8 Å². The monoisotopic (exact) mass is 264 g/mol. The molecule has 0 N–H and O–H groups in total. The third kappa shape index (κ3) is 1.97. The van der Waals surface area contributed by atoms with E-state index in [0.29, 0.717) is 12.5 Å². The molecule has 2 bridgehead atoms. The van der Waals surface area contributed by atoms with Crippen LogP contribution in [0.2, 0.25) is 0 Å². The molecule has 0 aromatic heterocycles. The smallest absolute Gasteiger partial charge is 0.270 e. The molecular formula is C13H13FN2O3. The minimum Gasteiger partial charge on any atom is -0.335 e. The number of likely N-dealkylation sites (tertiary alicyclic amines) is 1. The van der Waals surface area contributed by atoms with E-state index in [-0.39, 0.29) is 17.3 Å². The molecular weight excluding hydrogens is 251 g/mol. The molecule has 2 unspecified atom stereocenters. The molecule has 100 valence electrons. The van der Waals surface area contributed by atoms with Crippen LogP contribution in [0.15, 0.2) is 18.2 Å². The first-order chi connectivity index (χ1) is 9.06. The van der Waals surface area contributed by atoms with Gasteiger partial charge in [0.05, 0.1) is 10.5 Å². The van der Waals surface area contributed by atoms with Crippen LogP contribution in [0.1, 0.15) is 29.6 Å². The molecule has 2 aliphatic rings. The minimum atomic E-state index is -0.696. The quantitative estimate of drug-likeness (QED) is 0.608. The Bertz CT molecular complexity index is 561. The molecule has 1 heterocycles. The average Bonchev–Trinajstić information content (AvgIpc) is 3.00. The van der Waals surface area contributed by atoms with Crippen molar-refractivity contribution in [1.29, 1.82) is 0 Å². The second-order valence-corrected chi connectivity index (χ2v) is 5.21. The van der Waals surface area contributed by atoms with Gasteiger partial charge in [0.1, 0.15) is 5.82 Å². The van der Waals surface area contributed by atoms with Crippen molar-refractivity contribution >= 4 is 11.6 Å². The second-order valence-electron chi connectivity index (χ2n) is 5.21. The summed E-state index contributed by atoms with van der Waals surface area (Å²) in [6, 6.07) is 3.27. The fourth-order valence-electron chi connectivity index (χ4n) is 3.12. The molecule has 1 saturated heterocycles. The lowest BCUT2D eigenvalue weighted by Crippen LogP contribution is -2.38. The maximum Gasteiger partial charge on any atom is 0.270 e. The van der Waals surface area contributed by atoms with Crippen LogP contribution in [0.3, 0.4) is 0 Å². The number of non-ortho nitro benzene ring substituents is 1. The molecule has 2 fully saturated rings. The number of hydrogen-bond acceptors (Lipinski definition) is 3. The summed E-state index contributed by atoms with van der Waals surface area (Å²) in [6.45, 7) is 0.644. The van der Waals surface area contributed by atoms with E-state index in [1.54, 1.807) is 4.90 Å². The van der Waals surface area contributed by atoms with Gasteiger partial charge in [0.15, 0.2) is 0 Å². The van der Waals surface area contributed by atoms with Crippen LogP contribution in [0.4, 0.5) is 10.1 Å². The first-order valence-corrected chi connectivity index (χ1v) is 6.31. The topological polar surface area (TPSA) is 63.4 Å². The summed E-state index contributed by atoms with van der Waals surface area (Å²) in [5.74, 6) is -0.609. The van der Waals surface area contributed by atoms with Gasteiger partial charge in [-0.15, -0.1) is 0 Å². The molecule has 6 heteroatoms. The van der Waals surface area contributed by atoms with Gasteiger partial charge in [-0.1, -0.05) is 0 Å². The number of nitro groups is 1. The number of amides is 1. The summed E-state index contributed by atoms with van der Waals surface area (Å²) in [5.41, 5.74) is -0.448. The third-order valence-corrected chi connectivity index (χ3v) is 4.06. The number of piperidine rings is 1. The molecule has 1 aliphatic carbocycles. The van der Waals surface area contributed by atoms with Crippen molar-refractivity contribution in [3.63, 3.8) is 0 Å². The largest absolute Gasteiger partial charge is 0.335 e. The summed E-state index contributed by atoms with van der Waals surface area (Å²) in [7, 11) is 0. The number of benzene rings is 1. The van der Waals surface area contributed by atoms with E-state index < -0.39 is 16.6 Å². The number of hydrogen-bond donors (Lipinski definition) is 0. The maximum atomic E-state index is 13.7. The number of nitro benzene ring substituents is 1. The Labute approximate surface area is 109 Å². The first-order valence-electron chi connectivity index (χ1n) is 6.31. The van der Waals surface area contributed by atoms with E-state index in [0.717, 1.165) is 37.5 Å². The number of nitrogens with zero attached hydrogens (tertiary/aromatic N) is 2. The minimum absolute atomic E-state index is 0.177. The van der Waals surface area contributed by atoms with E-state index in [2.05, 4.69) is 0 Å². The molecule has 1 aliphatic heterocycles. The highest BCUT2D eigenvalue weighted by Crippen LogP contribution is 2.38. The van der Waals surface area contributed by atoms with Crippen LogP contribution >= 0.6 is 0 Å². The van der Waals surface area contributed by atoms with Gasteiger partial charge in [-0.2, -0.15) is 0 Å². The van der Waals surface area contributed by atoms with Gasteiger partial charge in [0, 0.05) is 24.7 Å². The summed E-state index contributed by atoms with van der Waals surface area (Å²) in [6.07, 6.45) is 3.04. The SMILES string of the molecule is O=C(c1cc([N+](=O)[O-])ccc1F)N1CC2CCC1C2. The lowest BCUT2D eigenvalue weighted by Gasteiger charge is -2.27. The van der Waals surface area contributed by atoms with Crippen molar-refractivity contribution < 1.29 is 14.1 Å². The molecule has 3 rings (SSSR count). The Morgan fingerprint density at radius 1 is 1.42 bits per heavy atom. The maximum absolute atomic E-state index is 13.7. The molecule has 19 heavy (non-hydrogen) atoms. The average molecular weight is 264 g/mol. The Morgan fingerprint density at radius 2 is 2.21 bits per heavy atom. The van der Waals surface area contributed by atoms with Crippen molar-refractivity contribution in [3.05, 3.63) is 39.7 Å². The number of rotatable bonds is 2. The summed E-state index contributed by atoms with van der Waals surface area (Å²) in [5, 5.41) is 10.7. The van der Waals surface area contributed by atoms with Crippen molar-refractivity contribution in [2.24, 2.45) is 5.92 Å². The Kier molecular flexibility index (Phi) is 2.73. The standard InChI is InChI=1S/C13H13FN2O3/c14-12-4-3-10(16(18)19)6-11(12)13(17)15-7-8-1-2-9(15)5-8/h3-4,6,8-9H,1-2,5,7H2. The van der Waals surface area contributed by atoms with Gasteiger partial charge in [-0.3, -0.25) is 14.9 Å². The highest BCUT2D eigenvalue weighted by Gasteiger charge is 2.41. The zero-order valence-electron chi connectivity index (χ0n) is 10.2. The van der Waals surface area contributed by atoms with E-state index in [9.17, 15) is 19.3 Å². The number of fused-ring (bicyclic) bond motifs is 2. The van der Waals surface area contributed by atoms with Crippen LogP contribution < -0.4 is 0 Å². The fraction of sp³-hybridized carbons (Fsp3) is 0.462. The molecule has 0 radical (unpaired) electrons. The molecule has 0 spiro atoms. The summed E-state index contributed by atoms with van der Waals surface area (Å²) in [4.78, 5) is 24.0. The first kappa shape index (κ1) is 12.1. The van der Waals surface area contributed by atoms with E-state index in [1.807, 2.05) is 0 Å². The molecule has 1 aromatic carbocycles. The number of halogens is 1. The van der Waals surface area contributed by atoms with Gasteiger partial charge >= 0.3 is 0 Å². The molecule has 1 aromatic rings. The highest BCUT2D eigenvalue weighted by atomic mass is 19.1. The van der Waals surface area contributed by atoms with Crippen molar-refractivity contribution in [3.8, 4) is 0 Å². The lowest BCUT2D eigenvalue weighted by atomic mass is 10.1. The van der Waals surface area contributed by atoms with Crippen molar-refractivity contribution in [2.45, 2.75) is 25.3 Å². The zero-order valence-corrected chi connectivity index (χ0v) is 10.2. The zero-order chi connectivity index (χ0) is 13.6. The van der Waals surface area contributed by atoms with E-state index >= 15 is 0 Å². The van der Waals surface area contributed by atoms with Gasteiger partial charge in [0.2, 0.25) is 0 Å². The molecule has 1 saturated carbocycles. The Morgan fingerprint density at radius 3 is 2.79 bits per heavy atom. The van der Waals surface area contributed by atoms with Crippen LogP contribution in [0.5, 0.6) is 0 Å².